The highest BCUT2D eigenvalue weighted by Gasteiger charge is 2.15. The second-order valence-electron chi connectivity index (χ2n) is 4.32. The molecule has 1 aromatic carbocycles. The molecule has 0 N–H and O–H groups in total. The first-order valence-electron chi connectivity index (χ1n) is 5.70. The normalized spacial score (nSPS) is 17.7. The van der Waals surface area contributed by atoms with Gasteiger partial charge in [-0.1, -0.05) is 18.2 Å². The van der Waals surface area contributed by atoms with Crippen molar-refractivity contribution in [1.82, 2.24) is 0 Å². The number of hydrogen-bond acceptors (Lipinski definition) is 1. The maximum atomic E-state index is 11.3. The van der Waals surface area contributed by atoms with Gasteiger partial charge in [-0.15, -0.1) is 0 Å². The van der Waals surface area contributed by atoms with Crippen molar-refractivity contribution in [3.63, 3.8) is 0 Å². The molecule has 0 bridgehead atoms. The fourth-order valence-electron chi connectivity index (χ4n) is 2.27. The summed E-state index contributed by atoms with van der Waals surface area (Å²) in [6, 6.07) is 8.13. The van der Waals surface area contributed by atoms with E-state index in [-0.39, 0.29) is 5.78 Å². The van der Waals surface area contributed by atoms with Crippen LogP contribution in [0.1, 0.15) is 54.4 Å². The minimum atomic E-state index is 0.166. The quantitative estimate of drug-likeness (QED) is 0.666. The molecule has 1 heteroatoms. The van der Waals surface area contributed by atoms with Crippen molar-refractivity contribution in [2.75, 3.05) is 0 Å². The summed E-state index contributed by atoms with van der Waals surface area (Å²) in [5, 5.41) is 0. The maximum absolute atomic E-state index is 11.3. The summed E-state index contributed by atoms with van der Waals surface area (Å²) in [5.41, 5.74) is 2.19. The molecule has 0 aromatic heterocycles. The van der Waals surface area contributed by atoms with Crippen LogP contribution in [-0.4, -0.2) is 5.78 Å². The smallest absolute Gasteiger partial charge is 0.159 e. The Kier molecular flexibility index (Phi) is 3.20. The molecule has 1 radical (unpaired) electrons. The highest BCUT2D eigenvalue weighted by atomic mass is 16.1. The van der Waals surface area contributed by atoms with Crippen molar-refractivity contribution in [1.29, 1.82) is 0 Å². The summed E-state index contributed by atoms with van der Waals surface area (Å²) in [6.07, 6.45) is 7.28. The summed E-state index contributed by atoms with van der Waals surface area (Å²) in [6.45, 7) is 1.63. The van der Waals surface area contributed by atoms with Crippen LogP contribution in [0.4, 0.5) is 0 Å². The lowest BCUT2D eigenvalue weighted by Crippen LogP contribution is -2.05. The van der Waals surface area contributed by atoms with Gasteiger partial charge in [-0.3, -0.25) is 4.79 Å². The number of Topliss-reactive ketones (excluding diaryl/α,β-unsaturated/α-hetero) is 1. The van der Waals surface area contributed by atoms with Crippen molar-refractivity contribution in [3.8, 4) is 0 Å². The van der Waals surface area contributed by atoms with Crippen molar-refractivity contribution in [2.45, 2.75) is 38.5 Å². The second kappa shape index (κ2) is 4.61. The van der Waals surface area contributed by atoms with Gasteiger partial charge in [0.2, 0.25) is 0 Å². The molecule has 0 heterocycles. The fourth-order valence-corrected chi connectivity index (χ4v) is 2.27. The summed E-state index contributed by atoms with van der Waals surface area (Å²) < 4.78 is 0. The fraction of sp³-hybridized carbons (Fsp3) is 0.429. The van der Waals surface area contributed by atoms with E-state index in [4.69, 9.17) is 0 Å². The Labute approximate surface area is 91.5 Å². The summed E-state index contributed by atoms with van der Waals surface area (Å²) >= 11 is 0. The molecular weight excluding hydrogens is 184 g/mol. The molecular formula is C14H17O. The average molecular weight is 201 g/mol. The predicted molar refractivity (Wildman–Crippen MR) is 62.0 cm³/mol. The van der Waals surface area contributed by atoms with E-state index in [1.807, 2.05) is 12.1 Å². The Morgan fingerprint density at radius 3 is 2.67 bits per heavy atom. The van der Waals surface area contributed by atoms with Crippen LogP contribution in [0.5, 0.6) is 0 Å². The molecule has 0 amide bonds. The van der Waals surface area contributed by atoms with Gasteiger partial charge >= 0.3 is 0 Å². The number of benzene rings is 1. The van der Waals surface area contributed by atoms with Crippen LogP contribution in [0.3, 0.4) is 0 Å². The molecule has 1 aromatic rings. The number of hydrogen-bond donors (Lipinski definition) is 0. The lowest BCUT2D eigenvalue weighted by molar-refractivity contribution is 0.101. The van der Waals surface area contributed by atoms with Gasteiger partial charge < -0.3 is 0 Å². The van der Waals surface area contributed by atoms with E-state index < -0.39 is 0 Å². The van der Waals surface area contributed by atoms with E-state index >= 15 is 0 Å². The van der Waals surface area contributed by atoms with E-state index in [0.29, 0.717) is 5.92 Å². The zero-order valence-corrected chi connectivity index (χ0v) is 9.20. The Morgan fingerprint density at radius 2 is 2.00 bits per heavy atom. The monoisotopic (exact) mass is 201 g/mol. The molecule has 1 aliphatic carbocycles. The number of ketones is 1. The molecule has 1 nitrogen and oxygen atoms in total. The van der Waals surface area contributed by atoms with Crippen LogP contribution >= 0.6 is 0 Å². The van der Waals surface area contributed by atoms with Gasteiger partial charge in [0, 0.05) is 5.56 Å². The maximum Gasteiger partial charge on any atom is 0.159 e. The van der Waals surface area contributed by atoms with Gasteiger partial charge in [-0.25, -0.2) is 0 Å². The Hall–Kier alpha value is -1.11. The first-order chi connectivity index (χ1) is 7.27. The van der Waals surface area contributed by atoms with Crippen LogP contribution in [0, 0.1) is 6.42 Å². The van der Waals surface area contributed by atoms with Crippen molar-refractivity contribution >= 4 is 5.78 Å². The third kappa shape index (κ3) is 2.47. The van der Waals surface area contributed by atoms with Crippen molar-refractivity contribution in [3.05, 3.63) is 41.8 Å². The summed E-state index contributed by atoms with van der Waals surface area (Å²) in [7, 11) is 0. The van der Waals surface area contributed by atoms with Crippen LogP contribution in [0.15, 0.2) is 24.3 Å². The van der Waals surface area contributed by atoms with Gasteiger partial charge in [0.05, 0.1) is 0 Å². The zero-order chi connectivity index (χ0) is 10.7. The molecule has 2 rings (SSSR count). The highest BCUT2D eigenvalue weighted by Crippen LogP contribution is 2.32. The molecule has 15 heavy (non-hydrogen) atoms. The molecule has 1 saturated carbocycles. The molecule has 0 spiro atoms. The molecule has 0 atom stereocenters. The molecule has 1 fully saturated rings. The van der Waals surface area contributed by atoms with E-state index in [2.05, 4.69) is 18.6 Å². The third-order valence-corrected chi connectivity index (χ3v) is 3.20. The number of carbonyl (C=O) groups excluding carboxylic acids is 1. The van der Waals surface area contributed by atoms with Crippen molar-refractivity contribution in [2.24, 2.45) is 0 Å². The first-order valence-corrected chi connectivity index (χ1v) is 5.70. The minimum Gasteiger partial charge on any atom is -0.295 e. The van der Waals surface area contributed by atoms with E-state index in [1.54, 1.807) is 6.92 Å². The Morgan fingerprint density at radius 1 is 1.27 bits per heavy atom. The average Bonchev–Trinajstić information content (AvgIpc) is 2.30. The SMILES string of the molecule is CC(=O)c1cccc(C2CC[CH]CC2)c1. The largest absolute Gasteiger partial charge is 0.295 e. The first kappa shape index (κ1) is 10.4. The predicted octanol–water partition coefficient (Wildman–Crippen LogP) is 3.75. The standard InChI is InChI=1S/C14H17O/c1-11(15)13-8-5-9-14(10-13)12-6-3-2-4-7-12/h2,5,8-10,12H,3-4,6-7H2,1H3. The number of carbonyl (C=O) groups is 1. The summed E-state index contributed by atoms with van der Waals surface area (Å²) in [4.78, 5) is 11.3. The van der Waals surface area contributed by atoms with Gasteiger partial charge in [0.25, 0.3) is 0 Å². The van der Waals surface area contributed by atoms with Gasteiger partial charge in [0.1, 0.15) is 0 Å². The lowest BCUT2D eigenvalue weighted by atomic mass is 9.83. The van der Waals surface area contributed by atoms with E-state index in [9.17, 15) is 4.79 Å². The highest BCUT2D eigenvalue weighted by molar-refractivity contribution is 5.94. The number of rotatable bonds is 2. The van der Waals surface area contributed by atoms with Gasteiger partial charge in [0.15, 0.2) is 5.78 Å². The topological polar surface area (TPSA) is 17.1 Å². The third-order valence-electron chi connectivity index (χ3n) is 3.20. The second-order valence-corrected chi connectivity index (χ2v) is 4.32. The van der Waals surface area contributed by atoms with Crippen LogP contribution < -0.4 is 0 Å². The molecule has 0 aliphatic heterocycles. The minimum absolute atomic E-state index is 0.166. The molecule has 0 unspecified atom stereocenters. The lowest BCUT2D eigenvalue weighted by Gasteiger charge is -2.22. The van der Waals surface area contributed by atoms with Crippen molar-refractivity contribution < 1.29 is 4.79 Å². The Balaban J connectivity index is 2.19. The zero-order valence-electron chi connectivity index (χ0n) is 9.20. The molecule has 1 aliphatic rings. The van der Waals surface area contributed by atoms with Crippen LogP contribution in [-0.2, 0) is 0 Å². The van der Waals surface area contributed by atoms with E-state index in [1.165, 1.54) is 31.2 Å². The van der Waals surface area contributed by atoms with Crippen LogP contribution in [0.25, 0.3) is 0 Å². The van der Waals surface area contributed by atoms with Gasteiger partial charge in [-0.2, -0.15) is 0 Å². The molecule has 0 saturated heterocycles. The summed E-state index contributed by atoms with van der Waals surface area (Å²) in [5.74, 6) is 0.827. The Bertz CT molecular complexity index is 348. The van der Waals surface area contributed by atoms with Crippen LogP contribution in [0.2, 0.25) is 0 Å². The molecule has 79 valence electrons. The van der Waals surface area contributed by atoms with E-state index in [0.717, 1.165) is 5.56 Å². The van der Waals surface area contributed by atoms with Gasteiger partial charge in [-0.05, 0) is 56.6 Å².